The first-order chi connectivity index (χ1) is 10.5. The maximum atomic E-state index is 11.9. The van der Waals surface area contributed by atoms with Gasteiger partial charge < -0.3 is 14.6 Å². The van der Waals surface area contributed by atoms with E-state index in [0.29, 0.717) is 24.0 Å². The monoisotopic (exact) mass is 306 g/mol. The van der Waals surface area contributed by atoms with Gasteiger partial charge in [-0.1, -0.05) is 18.6 Å². The number of hydrogen-bond acceptors (Lipinski definition) is 5. The molecule has 6 nitrogen and oxygen atoms in total. The van der Waals surface area contributed by atoms with Crippen LogP contribution >= 0.6 is 0 Å². The van der Waals surface area contributed by atoms with Gasteiger partial charge in [-0.25, -0.2) is 4.79 Å². The Hall–Kier alpha value is -2.37. The molecule has 0 bridgehead atoms. The lowest BCUT2D eigenvalue weighted by atomic mass is 9.57. The van der Waals surface area contributed by atoms with Gasteiger partial charge in [0.1, 0.15) is 0 Å². The number of carboxylic acid groups (broad SMARTS) is 1. The van der Waals surface area contributed by atoms with Crippen molar-refractivity contribution in [3.05, 3.63) is 35.4 Å². The zero-order valence-corrected chi connectivity index (χ0v) is 12.5. The normalized spacial score (nSPS) is 17.0. The molecule has 0 heterocycles. The van der Waals surface area contributed by atoms with Gasteiger partial charge in [0.2, 0.25) is 0 Å². The third-order valence-electron chi connectivity index (χ3n) is 4.34. The average Bonchev–Trinajstić information content (AvgIpc) is 2.48. The van der Waals surface area contributed by atoms with Crippen LogP contribution in [0.25, 0.3) is 0 Å². The minimum absolute atomic E-state index is 0.334. The van der Waals surface area contributed by atoms with Crippen molar-refractivity contribution in [2.75, 3.05) is 14.2 Å². The number of rotatable bonds is 5. The van der Waals surface area contributed by atoms with Gasteiger partial charge in [0.05, 0.1) is 19.8 Å². The molecule has 0 saturated heterocycles. The van der Waals surface area contributed by atoms with Crippen LogP contribution in [0.15, 0.2) is 24.3 Å². The van der Waals surface area contributed by atoms with E-state index in [1.807, 2.05) is 0 Å². The Kier molecular flexibility index (Phi) is 4.49. The molecule has 0 aromatic heterocycles. The van der Waals surface area contributed by atoms with Crippen LogP contribution in [0.5, 0.6) is 0 Å². The van der Waals surface area contributed by atoms with Crippen LogP contribution in [-0.4, -0.2) is 37.2 Å². The quantitative estimate of drug-likeness (QED) is 0.658. The predicted molar refractivity (Wildman–Crippen MR) is 76.5 cm³/mol. The van der Waals surface area contributed by atoms with Crippen molar-refractivity contribution in [1.29, 1.82) is 0 Å². The number of benzene rings is 1. The summed E-state index contributed by atoms with van der Waals surface area (Å²) in [7, 11) is 2.46. The first kappa shape index (κ1) is 16.0. The fraction of sp³-hybridized carbons (Fsp3) is 0.438. The summed E-state index contributed by atoms with van der Waals surface area (Å²) in [6.45, 7) is 0. The summed E-state index contributed by atoms with van der Waals surface area (Å²) in [5.41, 5.74) is 0.155. The largest absolute Gasteiger partial charge is 0.481 e. The highest BCUT2D eigenvalue weighted by molar-refractivity contribution is 5.96. The molecule has 1 unspecified atom stereocenters. The molecule has 6 heteroatoms. The molecule has 1 aliphatic rings. The van der Waals surface area contributed by atoms with Crippen LogP contribution < -0.4 is 0 Å². The SMILES string of the molecule is COC(=O)c1cccc(C2(C(C(=O)O)C(=O)OC)CCC2)c1. The van der Waals surface area contributed by atoms with E-state index in [-0.39, 0.29) is 0 Å². The van der Waals surface area contributed by atoms with E-state index in [1.54, 1.807) is 24.3 Å². The number of methoxy groups -OCH3 is 2. The maximum Gasteiger partial charge on any atom is 0.337 e. The second kappa shape index (κ2) is 6.17. The highest BCUT2D eigenvalue weighted by Crippen LogP contribution is 2.50. The molecule has 0 radical (unpaired) electrons. The summed E-state index contributed by atoms with van der Waals surface area (Å²) >= 11 is 0. The molecule has 0 spiro atoms. The van der Waals surface area contributed by atoms with Crippen LogP contribution in [0.3, 0.4) is 0 Å². The summed E-state index contributed by atoms with van der Waals surface area (Å²) in [6, 6.07) is 6.60. The molecular weight excluding hydrogens is 288 g/mol. The Labute approximate surface area is 128 Å². The molecule has 1 aliphatic carbocycles. The number of hydrogen-bond donors (Lipinski definition) is 1. The number of aliphatic carboxylic acids is 1. The molecule has 1 aromatic carbocycles. The first-order valence-corrected chi connectivity index (χ1v) is 6.96. The average molecular weight is 306 g/mol. The van der Waals surface area contributed by atoms with Crippen molar-refractivity contribution < 1.29 is 29.0 Å². The van der Waals surface area contributed by atoms with Gasteiger partial charge in [-0.2, -0.15) is 0 Å². The Morgan fingerprint density at radius 2 is 1.86 bits per heavy atom. The van der Waals surface area contributed by atoms with Crippen molar-refractivity contribution in [1.82, 2.24) is 0 Å². The maximum absolute atomic E-state index is 11.9. The number of carboxylic acids is 1. The molecule has 1 atom stereocenters. The van der Waals surface area contributed by atoms with E-state index in [0.717, 1.165) is 6.42 Å². The zero-order valence-electron chi connectivity index (χ0n) is 12.5. The van der Waals surface area contributed by atoms with E-state index < -0.39 is 29.2 Å². The standard InChI is InChI=1S/C16H18O6/c1-21-14(19)10-5-3-6-11(9-10)16(7-4-8-16)12(13(17)18)15(20)22-2/h3,5-6,9,12H,4,7-8H2,1-2H3,(H,17,18). The molecule has 1 N–H and O–H groups in total. The van der Waals surface area contributed by atoms with Crippen LogP contribution in [0, 0.1) is 5.92 Å². The van der Waals surface area contributed by atoms with E-state index >= 15 is 0 Å². The van der Waals surface area contributed by atoms with Crippen LogP contribution in [0.1, 0.15) is 35.2 Å². The highest BCUT2D eigenvalue weighted by atomic mass is 16.5. The number of carbonyl (C=O) groups is 3. The van der Waals surface area contributed by atoms with E-state index in [4.69, 9.17) is 0 Å². The first-order valence-electron chi connectivity index (χ1n) is 6.96. The Bertz CT molecular complexity index is 602. The third-order valence-corrected chi connectivity index (χ3v) is 4.34. The van der Waals surface area contributed by atoms with Gasteiger partial charge in [0.15, 0.2) is 5.92 Å². The molecular formula is C16H18O6. The molecule has 22 heavy (non-hydrogen) atoms. The number of esters is 2. The van der Waals surface area contributed by atoms with E-state index in [1.165, 1.54) is 14.2 Å². The van der Waals surface area contributed by atoms with Crippen molar-refractivity contribution in [2.24, 2.45) is 5.92 Å². The van der Waals surface area contributed by atoms with Gasteiger partial charge in [0.25, 0.3) is 0 Å². The summed E-state index contributed by atoms with van der Waals surface area (Å²) in [6.07, 6.45) is 1.94. The lowest BCUT2D eigenvalue weighted by molar-refractivity contribution is -0.162. The molecule has 1 aromatic rings. The molecule has 1 saturated carbocycles. The molecule has 0 aliphatic heterocycles. The Balaban J connectivity index is 2.48. The third kappa shape index (κ3) is 2.56. The zero-order chi connectivity index (χ0) is 16.3. The minimum atomic E-state index is -1.28. The fourth-order valence-electron chi connectivity index (χ4n) is 3.06. The van der Waals surface area contributed by atoms with Gasteiger partial charge in [0, 0.05) is 5.41 Å². The van der Waals surface area contributed by atoms with Gasteiger partial charge in [-0.05, 0) is 30.5 Å². The summed E-state index contributed by atoms with van der Waals surface area (Å²) in [5.74, 6) is -3.76. The summed E-state index contributed by atoms with van der Waals surface area (Å²) in [5, 5.41) is 9.47. The predicted octanol–water partition coefficient (Wildman–Crippen LogP) is 1.77. The number of ether oxygens (including phenoxy) is 2. The van der Waals surface area contributed by atoms with E-state index in [9.17, 15) is 19.5 Å². The smallest absolute Gasteiger partial charge is 0.337 e. The van der Waals surface area contributed by atoms with Gasteiger partial charge in [-0.15, -0.1) is 0 Å². The van der Waals surface area contributed by atoms with Crippen molar-refractivity contribution in [2.45, 2.75) is 24.7 Å². The second-order valence-corrected chi connectivity index (χ2v) is 5.38. The summed E-state index contributed by atoms with van der Waals surface area (Å²) < 4.78 is 9.35. The number of carbonyl (C=O) groups excluding carboxylic acids is 2. The highest BCUT2D eigenvalue weighted by Gasteiger charge is 2.53. The fourth-order valence-corrected chi connectivity index (χ4v) is 3.06. The van der Waals surface area contributed by atoms with Crippen molar-refractivity contribution in [3.63, 3.8) is 0 Å². The van der Waals surface area contributed by atoms with Gasteiger partial charge >= 0.3 is 17.9 Å². The molecule has 1 fully saturated rings. The van der Waals surface area contributed by atoms with E-state index in [2.05, 4.69) is 9.47 Å². The van der Waals surface area contributed by atoms with Crippen LogP contribution in [-0.2, 0) is 24.5 Å². The van der Waals surface area contributed by atoms with Crippen LogP contribution in [0.2, 0.25) is 0 Å². The lowest BCUT2D eigenvalue weighted by Crippen LogP contribution is -2.49. The molecule has 2 rings (SSSR count). The Morgan fingerprint density at radius 1 is 1.18 bits per heavy atom. The second-order valence-electron chi connectivity index (χ2n) is 5.38. The molecule has 0 amide bonds. The lowest BCUT2D eigenvalue weighted by Gasteiger charge is -2.45. The van der Waals surface area contributed by atoms with Gasteiger partial charge in [-0.3, -0.25) is 9.59 Å². The topological polar surface area (TPSA) is 89.9 Å². The van der Waals surface area contributed by atoms with Crippen LogP contribution in [0.4, 0.5) is 0 Å². The minimum Gasteiger partial charge on any atom is -0.481 e. The van der Waals surface area contributed by atoms with Crippen molar-refractivity contribution >= 4 is 17.9 Å². The molecule has 118 valence electrons. The summed E-state index contributed by atoms with van der Waals surface area (Å²) in [4.78, 5) is 35.2. The van der Waals surface area contributed by atoms with Crippen molar-refractivity contribution in [3.8, 4) is 0 Å². The Morgan fingerprint density at radius 3 is 2.32 bits per heavy atom.